The van der Waals surface area contributed by atoms with Gasteiger partial charge in [-0.1, -0.05) is 18.2 Å². The molecule has 4 amide bonds. The molecule has 0 saturated carbocycles. The Hall–Kier alpha value is -4.95. The first kappa shape index (κ1) is 25.3. The van der Waals surface area contributed by atoms with Crippen molar-refractivity contribution in [2.45, 2.75) is 25.8 Å². The van der Waals surface area contributed by atoms with Gasteiger partial charge in [-0.2, -0.15) is 5.26 Å². The molecule has 0 aliphatic carbocycles. The zero-order valence-electron chi connectivity index (χ0n) is 21.5. The number of anilines is 3. The zero-order valence-corrected chi connectivity index (χ0v) is 22.3. The lowest BCUT2D eigenvalue weighted by Crippen LogP contribution is -2.39. The average Bonchev–Trinajstić information content (AvgIpc) is 3.56. The monoisotopic (exact) mass is 552 g/mol. The van der Waals surface area contributed by atoms with E-state index in [1.165, 1.54) is 11.3 Å². The van der Waals surface area contributed by atoms with E-state index in [4.69, 9.17) is 10.00 Å². The SMILES string of the molecule is Cc1cc(Oc2ccccc2)ccc1N1C(=O)Nc2c(C(=O)N[C@@H]3CCN(C(=O)CC#N)C3)sc3nccc1c23. The van der Waals surface area contributed by atoms with Gasteiger partial charge < -0.3 is 20.3 Å². The molecular weight excluding hydrogens is 528 g/mol. The van der Waals surface area contributed by atoms with Gasteiger partial charge in [0.25, 0.3) is 5.91 Å². The number of hydrogen-bond donors (Lipinski definition) is 2. The van der Waals surface area contributed by atoms with E-state index in [1.54, 1.807) is 22.1 Å². The van der Waals surface area contributed by atoms with Gasteiger partial charge >= 0.3 is 6.03 Å². The molecule has 40 heavy (non-hydrogen) atoms. The molecule has 6 rings (SSSR count). The van der Waals surface area contributed by atoms with E-state index in [2.05, 4.69) is 15.6 Å². The Balaban J connectivity index is 1.27. The Kier molecular flexibility index (Phi) is 6.53. The van der Waals surface area contributed by atoms with Crippen LogP contribution < -0.4 is 20.3 Å². The molecule has 2 aliphatic heterocycles. The lowest BCUT2D eigenvalue weighted by molar-refractivity contribution is -0.129. The summed E-state index contributed by atoms with van der Waals surface area (Å²) in [5.74, 6) is 0.789. The number of rotatable bonds is 6. The van der Waals surface area contributed by atoms with E-state index in [0.29, 0.717) is 63.2 Å². The Bertz CT molecular complexity index is 1700. The van der Waals surface area contributed by atoms with E-state index < -0.39 is 0 Å². The molecule has 4 aromatic rings. The van der Waals surface area contributed by atoms with Crippen LogP contribution in [-0.4, -0.2) is 46.9 Å². The lowest BCUT2D eigenvalue weighted by Gasteiger charge is -2.29. The third-order valence-corrected chi connectivity index (χ3v) is 8.04. The number of aromatic nitrogens is 1. The van der Waals surface area contributed by atoms with Crippen molar-refractivity contribution in [3.05, 3.63) is 71.2 Å². The van der Waals surface area contributed by atoms with Crippen LogP contribution in [0.5, 0.6) is 11.5 Å². The van der Waals surface area contributed by atoms with Gasteiger partial charge in [-0.3, -0.25) is 14.5 Å². The van der Waals surface area contributed by atoms with Gasteiger partial charge in [-0.05, 0) is 55.3 Å². The molecular formula is C29H24N6O4S. The smallest absolute Gasteiger partial charge is 0.331 e. The molecule has 4 heterocycles. The predicted octanol–water partition coefficient (Wildman–Crippen LogP) is 5.33. The summed E-state index contributed by atoms with van der Waals surface area (Å²) < 4.78 is 5.95. The van der Waals surface area contributed by atoms with Gasteiger partial charge in [0.15, 0.2) is 0 Å². The fraction of sp³-hybridized carbons (Fsp3) is 0.207. The maximum absolute atomic E-state index is 13.5. The summed E-state index contributed by atoms with van der Waals surface area (Å²) in [4.78, 5) is 47.5. The van der Waals surface area contributed by atoms with Crippen molar-refractivity contribution in [1.29, 1.82) is 5.26 Å². The molecule has 2 aliphatic rings. The second-order valence-electron chi connectivity index (χ2n) is 9.58. The summed E-state index contributed by atoms with van der Waals surface area (Å²) in [5, 5.41) is 15.4. The fourth-order valence-electron chi connectivity index (χ4n) is 5.09. The van der Waals surface area contributed by atoms with Crippen LogP contribution in [0.4, 0.5) is 21.9 Å². The number of para-hydroxylation sites is 1. The van der Waals surface area contributed by atoms with Crippen LogP contribution in [0.3, 0.4) is 0 Å². The van der Waals surface area contributed by atoms with Gasteiger partial charge in [0, 0.05) is 25.3 Å². The first-order chi connectivity index (χ1) is 19.4. The van der Waals surface area contributed by atoms with Crippen LogP contribution in [0.25, 0.3) is 10.2 Å². The summed E-state index contributed by atoms with van der Waals surface area (Å²) in [5.41, 5.74) is 2.58. The van der Waals surface area contributed by atoms with Crippen molar-refractivity contribution in [3.8, 4) is 17.6 Å². The molecule has 2 aromatic carbocycles. The van der Waals surface area contributed by atoms with E-state index in [9.17, 15) is 14.4 Å². The second kappa shape index (κ2) is 10.3. The van der Waals surface area contributed by atoms with Crippen LogP contribution in [0.2, 0.25) is 0 Å². The number of ether oxygens (including phenoxy) is 1. The summed E-state index contributed by atoms with van der Waals surface area (Å²) >= 11 is 1.21. The van der Waals surface area contributed by atoms with Crippen LogP contribution in [0, 0.1) is 18.3 Å². The molecule has 1 saturated heterocycles. The number of nitriles is 1. The fourth-order valence-corrected chi connectivity index (χ4v) is 6.11. The van der Waals surface area contributed by atoms with Crippen molar-refractivity contribution < 1.29 is 19.1 Å². The predicted molar refractivity (Wildman–Crippen MR) is 151 cm³/mol. The number of likely N-dealkylation sites (tertiary alicyclic amines) is 1. The minimum Gasteiger partial charge on any atom is -0.457 e. The average molecular weight is 553 g/mol. The van der Waals surface area contributed by atoms with Crippen molar-refractivity contribution in [1.82, 2.24) is 15.2 Å². The second-order valence-corrected chi connectivity index (χ2v) is 10.6. The third-order valence-electron chi connectivity index (χ3n) is 6.95. The molecule has 1 fully saturated rings. The summed E-state index contributed by atoms with van der Waals surface area (Å²) in [6.07, 6.45) is 2.04. The molecule has 10 nitrogen and oxygen atoms in total. The van der Waals surface area contributed by atoms with Gasteiger partial charge in [-0.15, -0.1) is 11.3 Å². The number of benzene rings is 2. The standard InChI is InChI=1S/C29H24N6O4S/c1-17-15-20(39-19-5-3-2-4-6-19)7-8-21(17)35-22-10-13-31-28-24(22)25(33-29(35)38)26(40-28)27(37)32-18-11-14-34(16-18)23(36)9-12-30/h2-8,10,13,15,18H,9,11,14,16H2,1H3,(H,32,37)(H,33,38)/t18-/m1/s1. The number of thiophene rings is 1. The van der Waals surface area contributed by atoms with Gasteiger partial charge in [0.1, 0.15) is 27.6 Å². The summed E-state index contributed by atoms with van der Waals surface area (Å²) in [6.45, 7) is 2.74. The summed E-state index contributed by atoms with van der Waals surface area (Å²) in [6, 6.07) is 18.0. The number of aryl methyl sites for hydroxylation is 1. The van der Waals surface area contributed by atoms with Gasteiger partial charge in [0.05, 0.1) is 28.5 Å². The highest BCUT2D eigenvalue weighted by Gasteiger charge is 2.34. The van der Waals surface area contributed by atoms with E-state index >= 15 is 0 Å². The van der Waals surface area contributed by atoms with Crippen molar-refractivity contribution in [2.24, 2.45) is 0 Å². The number of hydrogen-bond acceptors (Lipinski definition) is 7. The Labute approximate surface area is 233 Å². The molecule has 0 bridgehead atoms. The minimum absolute atomic E-state index is 0.180. The lowest BCUT2D eigenvalue weighted by atomic mass is 10.1. The molecule has 0 radical (unpaired) electrons. The van der Waals surface area contributed by atoms with Crippen molar-refractivity contribution in [3.63, 3.8) is 0 Å². The maximum Gasteiger partial charge on any atom is 0.331 e. The molecule has 2 N–H and O–H groups in total. The molecule has 2 aromatic heterocycles. The molecule has 0 spiro atoms. The first-order valence-corrected chi connectivity index (χ1v) is 13.6. The largest absolute Gasteiger partial charge is 0.457 e. The molecule has 11 heteroatoms. The van der Waals surface area contributed by atoms with Crippen LogP contribution in [0.15, 0.2) is 60.8 Å². The summed E-state index contributed by atoms with van der Waals surface area (Å²) in [7, 11) is 0. The van der Waals surface area contributed by atoms with Crippen molar-refractivity contribution >= 4 is 56.5 Å². The first-order valence-electron chi connectivity index (χ1n) is 12.7. The Morgan fingerprint density at radius 3 is 2.77 bits per heavy atom. The Morgan fingerprint density at radius 2 is 2.00 bits per heavy atom. The van der Waals surface area contributed by atoms with Crippen LogP contribution in [-0.2, 0) is 4.79 Å². The molecule has 1 atom stereocenters. The van der Waals surface area contributed by atoms with E-state index in [0.717, 1.165) is 5.56 Å². The molecule has 200 valence electrons. The molecule has 0 unspecified atom stereocenters. The normalized spacial score (nSPS) is 16.0. The zero-order chi connectivity index (χ0) is 27.8. The number of nitrogens with zero attached hydrogens (tertiary/aromatic N) is 4. The Morgan fingerprint density at radius 1 is 1.18 bits per heavy atom. The highest BCUT2D eigenvalue weighted by Crippen LogP contribution is 2.46. The van der Waals surface area contributed by atoms with Gasteiger partial charge in [0.2, 0.25) is 5.91 Å². The number of pyridine rings is 1. The topological polar surface area (TPSA) is 128 Å². The minimum atomic E-state index is -0.388. The van der Waals surface area contributed by atoms with Gasteiger partial charge in [-0.25, -0.2) is 9.78 Å². The van der Waals surface area contributed by atoms with Crippen LogP contribution in [0.1, 0.15) is 28.1 Å². The maximum atomic E-state index is 13.5. The van der Waals surface area contributed by atoms with Crippen molar-refractivity contribution in [2.75, 3.05) is 23.3 Å². The number of carbonyl (C=O) groups excluding carboxylic acids is 3. The highest BCUT2D eigenvalue weighted by molar-refractivity contribution is 7.21. The quantitative estimate of drug-likeness (QED) is 0.333. The van der Waals surface area contributed by atoms with E-state index in [1.807, 2.05) is 61.5 Å². The number of nitrogens with one attached hydrogen (secondary N) is 2. The number of carbonyl (C=O) groups is 3. The third kappa shape index (κ3) is 4.58. The van der Waals surface area contributed by atoms with E-state index in [-0.39, 0.29) is 30.3 Å². The number of amides is 4. The van der Waals surface area contributed by atoms with Crippen LogP contribution >= 0.6 is 11.3 Å². The highest BCUT2D eigenvalue weighted by atomic mass is 32.1. The number of urea groups is 1.